The number of rotatable bonds is 4. The minimum atomic E-state index is -0.833. The minimum Gasteiger partial charge on any atom is -0.388 e. The zero-order valence-electron chi connectivity index (χ0n) is 10.0. The molecule has 0 saturated carbocycles. The summed E-state index contributed by atoms with van der Waals surface area (Å²) in [6, 6.07) is 13.4. The standard InChI is InChI=1S/C15H12Cl2O2/c16-12-5-1-10(2-6-12)14(18)9-15(19)11-3-7-13(17)8-4-11/h1-8,14,18H,9H2. The number of ketones is 1. The highest BCUT2D eigenvalue weighted by Crippen LogP contribution is 2.21. The Kier molecular flexibility index (Phi) is 4.59. The van der Waals surface area contributed by atoms with Crippen LogP contribution in [0.4, 0.5) is 0 Å². The third kappa shape index (κ3) is 3.80. The molecule has 0 saturated heterocycles. The quantitative estimate of drug-likeness (QED) is 0.854. The van der Waals surface area contributed by atoms with E-state index in [-0.39, 0.29) is 12.2 Å². The molecule has 19 heavy (non-hydrogen) atoms. The Balaban J connectivity index is 2.06. The van der Waals surface area contributed by atoms with Gasteiger partial charge in [-0.15, -0.1) is 0 Å². The summed E-state index contributed by atoms with van der Waals surface area (Å²) >= 11 is 11.5. The molecule has 0 amide bonds. The van der Waals surface area contributed by atoms with Crippen LogP contribution in [0, 0.1) is 0 Å². The lowest BCUT2D eigenvalue weighted by atomic mass is 10.0. The fourth-order valence-corrected chi connectivity index (χ4v) is 1.98. The predicted octanol–water partition coefficient (Wildman–Crippen LogP) is 4.30. The molecular weight excluding hydrogens is 283 g/mol. The van der Waals surface area contributed by atoms with Gasteiger partial charge in [0.25, 0.3) is 0 Å². The van der Waals surface area contributed by atoms with E-state index in [1.807, 2.05) is 0 Å². The van der Waals surface area contributed by atoms with Crippen molar-refractivity contribution in [3.05, 3.63) is 69.7 Å². The summed E-state index contributed by atoms with van der Waals surface area (Å²) < 4.78 is 0. The number of carbonyl (C=O) groups is 1. The minimum absolute atomic E-state index is 0.0310. The molecule has 0 aliphatic rings. The van der Waals surface area contributed by atoms with Gasteiger partial charge in [0.2, 0.25) is 0 Å². The molecular formula is C15H12Cl2O2. The molecule has 0 aliphatic carbocycles. The number of carbonyl (C=O) groups excluding carboxylic acids is 1. The lowest BCUT2D eigenvalue weighted by molar-refractivity contribution is 0.0880. The highest BCUT2D eigenvalue weighted by Gasteiger charge is 2.14. The van der Waals surface area contributed by atoms with E-state index in [9.17, 15) is 9.90 Å². The lowest BCUT2D eigenvalue weighted by Gasteiger charge is -2.10. The van der Waals surface area contributed by atoms with Crippen molar-refractivity contribution in [2.75, 3.05) is 0 Å². The molecule has 0 fully saturated rings. The highest BCUT2D eigenvalue weighted by molar-refractivity contribution is 6.30. The van der Waals surface area contributed by atoms with Gasteiger partial charge in [-0.2, -0.15) is 0 Å². The summed E-state index contributed by atoms with van der Waals surface area (Å²) in [6.45, 7) is 0. The van der Waals surface area contributed by atoms with Gasteiger partial charge in [-0.25, -0.2) is 0 Å². The Morgan fingerprint density at radius 1 is 0.947 bits per heavy atom. The van der Waals surface area contributed by atoms with Crippen LogP contribution >= 0.6 is 23.2 Å². The van der Waals surface area contributed by atoms with Crippen molar-refractivity contribution in [3.8, 4) is 0 Å². The first kappa shape index (κ1) is 14.1. The molecule has 1 atom stereocenters. The Labute approximate surface area is 121 Å². The largest absolute Gasteiger partial charge is 0.388 e. The van der Waals surface area contributed by atoms with E-state index in [4.69, 9.17) is 23.2 Å². The summed E-state index contributed by atoms with van der Waals surface area (Å²) in [4.78, 5) is 12.0. The predicted molar refractivity (Wildman–Crippen MR) is 76.8 cm³/mol. The molecule has 1 unspecified atom stereocenters. The maximum absolute atomic E-state index is 12.0. The lowest BCUT2D eigenvalue weighted by Crippen LogP contribution is -2.07. The molecule has 2 rings (SSSR count). The average molecular weight is 295 g/mol. The van der Waals surface area contributed by atoms with Gasteiger partial charge in [-0.1, -0.05) is 35.3 Å². The molecule has 4 heteroatoms. The van der Waals surface area contributed by atoms with Crippen LogP contribution in [0.2, 0.25) is 10.0 Å². The van der Waals surface area contributed by atoms with Gasteiger partial charge < -0.3 is 5.11 Å². The van der Waals surface area contributed by atoms with Crippen LogP contribution in [0.25, 0.3) is 0 Å². The molecule has 0 spiro atoms. The van der Waals surface area contributed by atoms with Crippen molar-refractivity contribution in [2.24, 2.45) is 0 Å². The molecule has 98 valence electrons. The summed E-state index contributed by atoms with van der Waals surface area (Å²) in [5.74, 6) is -0.126. The first-order chi connectivity index (χ1) is 9.06. The third-order valence-electron chi connectivity index (χ3n) is 2.80. The highest BCUT2D eigenvalue weighted by atomic mass is 35.5. The van der Waals surface area contributed by atoms with E-state index < -0.39 is 6.10 Å². The summed E-state index contributed by atoms with van der Waals surface area (Å²) in [6.07, 6.45) is -0.802. The first-order valence-corrected chi connectivity index (χ1v) is 6.54. The van der Waals surface area contributed by atoms with Crippen molar-refractivity contribution in [3.63, 3.8) is 0 Å². The Hall–Kier alpha value is -1.35. The Morgan fingerprint density at radius 2 is 1.42 bits per heavy atom. The number of aliphatic hydroxyl groups is 1. The molecule has 2 aromatic carbocycles. The van der Waals surface area contributed by atoms with Crippen molar-refractivity contribution in [1.82, 2.24) is 0 Å². The smallest absolute Gasteiger partial charge is 0.165 e. The monoisotopic (exact) mass is 294 g/mol. The number of benzene rings is 2. The van der Waals surface area contributed by atoms with Gasteiger partial charge in [-0.3, -0.25) is 4.79 Å². The molecule has 1 N–H and O–H groups in total. The van der Waals surface area contributed by atoms with E-state index in [2.05, 4.69) is 0 Å². The van der Waals surface area contributed by atoms with Crippen LogP contribution in [0.1, 0.15) is 28.4 Å². The van der Waals surface area contributed by atoms with Crippen LogP contribution in [0.15, 0.2) is 48.5 Å². The van der Waals surface area contributed by atoms with Gasteiger partial charge in [0.15, 0.2) is 5.78 Å². The second kappa shape index (κ2) is 6.20. The fraction of sp³-hybridized carbons (Fsp3) is 0.133. The van der Waals surface area contributed by atoms with Crippen LogP contribution in [0.5, 0.6) is 0 Å². The van der Waals surface area contributed by atoms with Crippen molar-refractivity contribution < 1.29 is 9.90 Å². The van der Waals surface area contributed by atoms with Crippen LogP contribution in [-0.4, -0.2) is 10.9 Å². The number of Topliss-reactive ketones (excluding diaryl/α,β-unsaturated/α-hetero) is 1. The van der Waals surface area contributed by atoms with E-state index in [1.54, 1.807) is 48.5 Å². The molecule has 0 aromatic heterocycles. The second-order valence-corrected chi connectivity index (χ2v) is 5.07. The molecule has 0 aliphatic heterocycles. The van der Waals surface area contributed by atoms with Crippen LogP contribution in [-0.2, 0) is 0 Å². The van der Waals surface area contributed by atoms with E-state index in [1.165, 1.54) is 0 Å². The normalized spacial score (nSPS) is 12.2. The number of halogens is 2. The molecule has 0 bridgehead atoms. The van der Waals surface area contributed by atoms with Gasteiger partial charge in [0.1, 0.15) is 0 Å². The summed E-state index contributed by atoms with van der Waals surface area (Å²) in [5.41, 5.74) is 1.21. The number of hydrogen-bond acceptors (Lipinski definition) is 2. The summed E-state index contributed by atoms with van der Waals surface area (Å²) in [7, 11) is 0. The molecule has 2 nitrogen and oxygen atoms in total. The van der Waals surface area contributed by atoms with Crippen molar-refractivity contribution in [2.45, 2.75) is 12.5 Å². The SMILES string of the molecule is O=C(CC(O)c1ccc(Cl)cc1)c1ccc(Cl)cc1. The van der Waals surface area contributed by atoms with Crippen molar-refractivity contribution >= 4 is 29.0 Å². The molecule has 0 heterocycles. The van der Waals surface area contributed by atoms with E-state index >= 15 is 0 Å². The summed E-state index contributed by atoms with van der Waals surface area (Å²) in [5, 5.41) is 11.2. The zero-order chi connectivity index (χ0) is 13.8. The Morgan fingerprint density at radius 3 is 1.95 bits per heavy atom. The molecule has 0 radical (unpaired) electrons. The van der Waals surface area contributed by atoms with E-state index in [0.29, 0.717) is 21.2 Å². The second-order valence-electron chi connectivity index (χ2n) is 4.20. The first-order valence-electron chi connectivity index (χ1n) is 5.78. The third-order valence-corrected chi connectivity index (χ3v) is 3.30. The van der Waals surface area contributed by atoms with Crippen LogP contribution < -0.4 is 0 Å². The van der Waals surface area contributed by atoms with Gasteiger partial charge >= 0.3 is 0 Å². The molecule has 2 aromatic rings. The van der Waals surface area contributed by atoms with Gasteiger partial charge in [-0.05, 0) is 42.0 Å². The zero-order valence-corrected chi connectivity index (χ0v) is 11.5. The number of hydrogen-bond donors (Lipinski definition) is 1. The maximum atomic E-state index is 12.0. The van der Waals surface area contributed by atoms with Gasteiger partial charge in [0.05, 0.1) is 6.10 Å². The topological polar surface area (TPSA) is 37.3 Å². The Bertz CT molecular complexity index is 562. The number of aliphatic hydroxyl groups excluding tert-OH is 1. The van der Waals surface area contributed by atoms with E-state index in [0.717, 1.165) is 0 Å². The van der Waals surface area contributed by atoms with Gasteiger partial charge in [0, 0.05) is 22.0 Å². The van der Waals surface area contributed by atoms with Crippen molar-refractivity contribution in [1.29, 1.82) is 0 Å². The maximum Gasteiger partial charge on any atom is 0.165 e. The average Bonchev–Trinajstić information content (AvgIpc) is 2.40. The van der Waals surface area contributed by atoms with Crippen LogP contribution in [0.3, 0.4) is 0 Å². The fourth-order valence-electron chi connectivity index (χ4n) is 1.73.